The molecule has 0 radical (unpaired) electrons. The van der Waals surface area contributed by atoms with E-state index in [4.69, 9.17) is 23.2 Å². The van der Waals surface area contributed by atoms with Crippen molar-refractivity contribution in [2.45, 2.75) is 25.9 Å². The fourth-order valence-electron chi connectivity index (χ4n) is 6.11. The highest BCUT2D eigenvalue weighted by atomic mass is 35.5. The number of thiophene rings is 1. The van der Waals surface area contributed by atoms with Crippen LogP contribution in [0.2, 0.25) is 10.0 Å². The van der Waals surface area contributed by atoms with Crippen molar-refractivity contribution < 1.29 is 0 Å². The molecule has 3 aromatic heterocycles. The Morgan fingerprint density at radius 3 is 1.39 bits per heavy atom. The summed E-state index contributed by atoms with van der Waals surface area (Å²) in [4.78, 5) is 11.4. The van der Waals surface area contributed by atoms with Gasteiger partial charge in [0.15, 0.2) is 0 Å². The molecule has 0 aliphatic carbocycles. The molecule has 0 spiro atoms. The topological polar surface area (TPSA) is 73.9 Å². The molecule has 7 aromatic rings. The highest BCUT2D eigenvalue weighted by molar-refractivity contribution is 7.18. The van der Waals surface area contributed by atoms with Crippen LogP contribution in [0.5, 0.6) is 0 Å². The van der Waals surface area contributed by atoms with Crippen LogP contribution >= 0.6 is 34.5 Å². The number of anilines is 2. The van der Waals surface area contributed by atoms with E-state index in [0.29, 0.717) is 10.0 Å². The third-order valence-electron chi connectivity index (χ3n) is 8.84. The number of rotatable bonds is 16. The molecule has 0 aliphatic rings. The zero-order valence-electron chi connectivity index (χ0n) is 28.3. The molecule has 0 amide bonds. The number of hydrogen-bond acceptors (Lipinski definition) is 7. The van der Waals surface area contributed by atoms with Crippen molar-refractivity contribution in [1.82, 2.24) is 20.6 Å². The smallest absolute Gasteiger partial charge is 0.0737 e. The van der Waals surface area contributed by atoms with Crippen LogP contribution in [-0.2, 0) is 13.1 Å². The van der Waals surface area contributed by atoms with Crippen molar-refractivity contribution in [3.63, 3.8) is 0 Å². The first-order chi connectivity index (χ1) is 25.1. The predicted molar refractivity (Wildman–Crippen MR) is 218 cm³/mol. The Bertz CT molecular complexity index is 2050. The van der Waals surface area contributed by atoms with Gasteiger partial charge in [-0.05, 0) is 109 Å². The van der Waals surface area contributed by atoms with Crippen LogP contribution < -0.4 is 21.3 Å². The van der Waals surface area contributed by atoms with Crippen LogP contribution in [0.25, 0.3) is 42.7 Å². The molecule has 4 aromatic carbocycles. The zero-order valence-corrected chi connectivity index (χ0v) is 30.6. The maximum atomic E-state index is 6.12. The van der Waals surface area contributed by atoms with Crippen LogP contribution in [0.1, 0.15) is 24.0 Å². The van der Waals surface area contributed by atoms with Crippen LogP contribution in [0.4, 0.5) is 11.4 Å². The van der Waals surface area contributed by atoms with Crippen LogP contribution in [0, 0.1) is 0 Å². The summed E-state index contributed by atoms with van der Waals surface area (Å²) in [7, 11) is 0. The molecule has 0 unspecified atom stereocenters. The molecule has 3 heterocycles. The minimum Gasteiger partial charge on any atom is -0.384 e. The number of benzene rings is 4. The molecule has 4 N–H and O–H groups in total. The van der Waals surface area contributed by atoms with E-state index >= 15 is 0 Å². The maximum absolute atomic E-state index is 6.12. The number of halogens is 2. The van der Waals surface area contributed by atoms with Crippen molar-refractivity contribution in [2.75, 3.05) is 36.8 Å². The summed E-state index contributed by atoms with van der Waals surface area (Å²) >= 11 is 14.1. The lowest BCUT2D eigenvalue weighted by molar-refractivity contribution is 0.663. The molecular formula is C42H40Cl2N6S. The Morgan fingerprint density at radius 1 is 0.490 bits per heavy atom. The van der Waals surface area contributed by atoms with Gasteiger partial charge in [-0.25, -0.2) is 0 Å². The molecule has 7 rings (SSSR count). The first-order valence-corrected chi connectivity index (χ1v) is 18.9. The fraction of sp³-hybridized carbons (Fsp3) is 0.190. The number of pyridine rings is 2. The van der Waals surface area contributed by atoms with Gasteiger partial charge in [0.1, 0.15) is 0 Å². The lowest BCUT2D eigenvalue weighted by atomic mass is 10.1. The highest BCUT2D eigenvalue weighted by Crippen LogP contribution is 2.35. The summed E-state index contributed by atoms with van der Waals surface area (Å²) in [6, 6.07) is 38.0. The molecule has 0 aliphatic heterocycles. The van der Waals surface area contributed by atoms with Crippen molar-refractivity contribution in [3.8, 4) is 20.9 Å². The van der Waals surface area contributed by atoms with E-state index < -0.39 is 0 Å². The predicted octanol–water partition coefficient (Wildman–Crippen LogP) is 10.7. The zero-order chi connectivity index (χ0) is 34.8. The van der Waals surface area contributed by atoms with Gasteiger partial charge in [-0.3, -0.25) is 9.97 Å². The van der Waals surface area contributed by atoms with E-state index in [0.717, 1.165) is 85.3 Å². The quantitative estimate of drug-likeness (QED) is 0.0742. The Labute approximate surface area is 313 Å². The Balaban J connectivity index is 0.808. The third-order valence-corrected chi connectivity index (χ3v) is 10.5. The average molecular weight is 732 g/mol. The van der Waals surface area contributed by atoms with Crippen LogP contribution in [0.15, 0.2) is 122 Å². The van der Waals surface area contributed by atoms with Gasteiger partial charge in [0.05, 0.1) is 11.0 Å². The van der Waals surface area contributed by atoms with E-state index in [1.54, 1.807) is 0 Å². The second kappa shape index (κ2) is 17.1. The summed E-state index contributed by atoms with van der Waals surface area (Å²) in [5, 5.41) is 17.8. The molecule has 9 heteroatoms. The third kappa shape index (κ3) is 9.25. The first kappa shape index (κ1) is 34.9. The second-order valence-corrected chi connectivity index (χ2v) is 14.5. The number of nitrogens with zero attached hydrogens (tertiary/aromatic N) is 2. The lowest BCUT2D eigenvalue weighted by Gasteiger charge is -2.10. The Kier molecular flexibility index (Phi) is 11.7. The molecule has 51 heavy (non-hydrogen) atoms. The largest absolute Gasteiger partial charge is 0.384 e. The molecular weight excluding hydrogens is 691 g/mol. The minimum absolute atomic E-state index is 0.704. The standard InChI is InChI=1S/C42H40Cl2N6S/c43-33-11-13-35-37(17-23-49-39(35)25-33)47-21-1-19-45-27-29-3-7-31(8-4-29)41-15-16-42(51-41)32-9-5-30(6-10-32)28-46-20-2-22-48-38-18-24-50-40-26-34(44)12-14-36(38)40/h3-18,23-26,45-46H,1-2,19-22,27-28H2,(H,47,49)(H,48,50). The first-order valence-electron chi connectivity index (χ1n) is 17.4. The molecule has 6 nitrogen and oxygen atoms in total. The summed E-state index contributed by atoms with van der Waals surface area (Å²) in [6.45, 7) is 5.34. The number of hydrogen-bond donors (Lipinski definition) is 4. The number of aromatic nitrogens is 2. The van der Waals surface area contributed by atoms with Gasteiger partial charge in [-0.15, -0.1) is 11.3 Å². The fourth-order valence-corrected chi connectivity index (χ4v) is 7.46. The second-order valence-electron chi connectivity index (χ2n) is 12.5. The van der Waals surface area contributed by atoms with Crippen molar-refractivity contribution in [3.05, 3.63) is 143 Å². The van der Waals surface area contributed by atoms with E-state index in [1.165, 1.54) is 32.0 Å². The minimum atomic E-state index is 0.704. The van der Waals surface area contributed by atoms with Gasteiger partial charge in [-0.2, -0.15) is 0 Å². The summed E-state index contributed by atoms with van der Waals surface area (Å²) in [6.07, 6.45) is 5.68. The molecule has 0 fully saturated rings. The van der Waals surface area contributed by atoms with Crippen LogP contribution in [-0.4, -0.2) is 36.1 Å². The van der Waals surface area contributed by atoms with Gasteiger partial charge in [0.2, 0.25) is 0 Å². The Hall–Kier alpha value is -4.50. The van der Waals surface area contributed by atoms with Crippen molar-refractivity contribution in [1.29, 1.82) is 0 Å². The average Bonchev–Trinajstić information content (AvgIpc) is 3.65. The molecule has 0 atom stereocenters. The lowest BCUT2D eigenvalue weighted by Crippen LogP contribution is -2.17. The van der Waals surface area contributed by atoms with E-state index in [9.17, 15) is 0 Å². The van der Waals surface area contributed by atoms with Gasteiger partial charge in [-0.1, -0.05) is 71.7 Å². The van der Waals surface area contributed by atoms with Gasteiger partial charge >= 0.3 is 0 Å². The van der Waals surface area contributed by atoms with E-state index in [1.807, 2.05) is 72.3 Å². The number of nitrogens with one attached hydrogen (secondary N) is 4. The van der Waals surface area contributed by atoms with Crippen molar-refractivity contribution in [2.24, 2.45) is 0 Å². The molecule has 0 saturated heterocycles. The summed E-state index contributed by atoms with van der Waals surface area (Å²) in [5.41, 5.74) is 9.07. The number of fused-ring (bicyclic) bond motifs is 2. The van der Waals surface area contributed by atoms with E-state index in [2.05, 4.69) is 91.9 Å². The normalized spacial score (nSPS) is 11.3. The van der Waals surface area contributed by atoms with Crippen molar-refractivity contribution >= 4 is 67.7 Å². The van der Waals surface area contributed by atoms with Crippen LogP contribution in [0.3, 0.4) is 0 Å². The Morgan fingerprint density at radius 2 is 0.941 bits per heavy atom. The SMILES string of the molecule is Clc1ccc2c(NCCCNCc3ccc(-c4ccc(-c5ccc(CNCCCNc6ccnc7cc(Cl)ccc67)cc5)s4)cc3)ccnc2c1. The summed E-state index contributed by atoms with van der Waals surface area (Å²) < 4.78 is 0. The van der Waals surface area contributed by atoms with Gasteiger partial charge in [0, 0.05) is 80.5 Å². The van der Waals surface area contributed by atoms with E-state index in [-0.39, 0.29) is 0 Å². The molecule has 0 bridgehead atoms. The maximum Gasteiger partial charge on any atom is 0.0737 e. The summed E-state index contributed by atoms with van der Waals surface area (Å²) in [5.74, 6) is 0. The monoisotopic (exact) mass is 730 g/mol. The van der Waals surface area contributed by atoms with Gasteiger partial charge in [0.25, 0.3) is 0 Å². The molecule has 258 valence electrons. The highest BCUT2D eigenvalue weighted by Gasteiger charge is 2.07. The molecule has 0 saturated carbocycles. The van der Waals surface area contributed by atoms with Gasteiger partial charge < -0.3 is 21.3 Å².